The molecule has 2 aromatic rings. The molecule has 8 nitrogen and oxygen atoms in total. The highest BCUT2D eigenvalue weighted by Gasteiger charge is 2.38. The van der Waals surface area contributed by atoms with Gasteiger partial charge in [-0.3, -0.25) is 5.41 Å². The lowest BCUT2D eigenvalue weighted by molar-refractivity contribution is -0.192. The van der Waals surface area contributed by atoms with E-state index in [2.05, 4.69) is 4.74 Å². The van der Waals surface area contributed by atoms with Crippen LogP contribution in [0.4, 0.5) is 13.2 Å². The highest BCUT2D eigenvalue weighted by atomic mass is 19.4. The third kappa shape index (κ3) is 6.04. The van der Waals surface area contributed by atoms with Crippen molar-refractivity contribution in [2.45, 2.75) is 6.18 Å². The molecule has 152 valence electrons. The molecule has 0 saturated heterocycles. The molecule has 2 rings (SSSR count). The monoisotopic (exact) mass is 402 g/mol. The van der Waals surface area contributed by atoms with Crippen molar-refractivity contribution in [3.05, 3.63) is 35.9 Å². The molecule has 2 aromatic carbocycles. The molecule has 0 bridgehead atoms. The third-order valence-electron chi connectivity index (χ3n) is 3.27. The van der Waals surface area contributed by atoms with Gasteiger partial charge in [0.1, 0.15) is 5.84 Å². The van der Waals surface area contributed by atoms with Crippen molar-refractivity contribution in [2.75, 3.05) is 20.8 Å². The van der Waals surface area contributed by atoms with Gasteiger partial charge in [0.25, 0.3) is 0 Å². The Bertz CT molecular complexity index is 883. The number of methoxy groups -OCH3 is 2. The van der Waals surface area contributed by atoms with E-state index in [0.29, 0.717) is 22.4 Å². The van der Waals surface area contributed by atoms with Gasteiger partial charge in [0.15, 0.2) is 18.1 Å². The number of halogens is 3. The van der Waals surface area contributed by atoms with Gasteiger partial charge in [-0.15, -0.1) is 0 Å². The summed E-state index contributed by atoms with van der Waals surface area (Å²) in [5.41, 5.74) is 6.07. The number of hydrogen-bond acceptors (Lipinski definition) is 6. The Morgan fingerprint density at radius 3 is 2.21 bits per heavy atom. The number of benzene rings is 2. The van der Waals surface area contributed by atoms with Crippen molar-refractivity contribution in [2.24, 2.45) is 5.73 Å². The molecule has 0 heterocycles. The van der Waals surface area contributed by atoms with E-state index >= 15 is 0 Å². The second-order valence-electron chi connectivity index (χ2n) is 5.11. The number of alkyl halides is 3. The summed E-state index contributed by atoms with van der Waals surface area (Å²) in [6.45, 7) is -0.226. The van der Waals surface area contributed by atoms with Crippen molar-refractivity contribution in [1.82, 2.24) is 0 Å². The van der Waals surface area contributed by atoms with Gasteiger partial charge in [-0.05, 0) is 17.5 Å². The van der Waals surface area contributed by atoms with E-state index in [1.165, 1.54) is 14.2 Å². The summed E-state index contributed by atoms with van der Waals surface area (Å²) in [7, 11) is 2.81. The molecule has 0 aliphatic heterocycles. The first-order chi connectivity index (χ1) is 13.0. The van der Waals surface area contributed by atoms with E-state index in [4.69, 9.17) is 30.5 Å². The summed E-state index contributed by atoms with van der Waals surface area (Å²) < 4.78 is 47.1. The van der Waals surface area contributed by atoms with E-state index in [1.54, 1.807) is 18.2 Å². The Hall–Kier alpha value is -3.50. The fraction of sp³-hybridized carbons (Fsp3) is 0.235. The van der Waals surface area contributed by atoms with Crippen molar-refractivity contribution < 1.29 is 42.1 Å². The van der Waals surface area contributed by atoms with Crippen molar-refractivity contribution in [3.8, 4) is 11.5 Å². The molecule has 0 aromatic heterocycles. The fourth-order valence-corrected chi connectivity index (χ4v) is 1.94. The number of amidine groups is 1. The standard InChI is InChI=1S/C15H16N2O4.C2HF3O2/c1-19-12-6-5-9-3-4-10(15(16)17)7-11(9)14(12)21-8-13(18)20-2;3-2(4,5)1(6)7/h3-7H,8H2,1-2H3,(H3,16,17);(H,6,7). The fourth-order valence-electron chi connectivity index (χ4n) is 1.94. The number of rotatable bonds is 5. The van der Waals surface area contributed by atoms with Crippen LogP contribution in [-0.2, 0) is 14.3 Å². The Morgan fingerprint density at radius 1 is 1.18 bits per heavy atom. The number of nitrogens with two attached hydrogens (primary N) is 1. The Balaban J connectivity index is 0.000000480. The van der Waals surface area contributed by atoms with Crippen LogP contribution < -0.4 is 15.2 Å². The van der Waals surface area contributed by atoms with Gasteiger partial charge in [-0.25, -0.2) is 9.59 Å². The number of nitrogen functional groups attached to an aromatic ring is 1. The number of carboxylic acid groups (broad SMARTS) is 1. The minimum Gasteiger partial charge on any atom is -0.493 e. The van der Waals surface area contributed by atoms with E-state index in [0.717, 1.165) is 5.39 Å². The molecule has 0 aliphatic rings. The number of ether oxygens (including phenoxy) is 3. The summed E-state index contributed by atoms with van der Waals surface area (Å²) in [5.74, 6) is -2.38. The number of carbonyl (C=O) groups excluding carboxylic acids is 1. The second kappa shape index (κ2) is 9.44. The highest BCUT2D eigenvalue weighted by Crippen LogP contribution is 2.36. The molecular weight excluding hydrogens is 385 g/mol. The van der Waals surface area contributed by atoms with Gasteiger partial charge in [0, 0.05) is 10.9 Å². The second-order valence-corrected chi connectivity index (χ2v) is 5.11. The quantitative estimate of drug-likeness (QED) is 0.397. The normalized spacial score (nSPS) is 10.5. The number of fused-ring (bicyclic) bond motifs is 1. The molecule has 0 fully saturated rings. The molecule has 0 amide bonds. The summed E-state index contributed by atoms with van der Waals surface area (Å²) in [5, 5.41) is 16.2. The maximum Gasteiger partial charge on any atom is 0.490 e. The van der Waals surface area contributed by atoms with Crippen LogP contribution in [0, 0.1) is 5.41 Å². The molecular formula is C17H17F3N2O6. The minimum absolute atomic E-state index is 0.0429. The molecule has 28 heavy (non-hydrogen) atoms. The summed E-state index contributed by atoms with van der Waals surface area (Å²) in [6, 6.07) is 8.93. The van der Waals surface area contributed by atoms with Crippen molar-refractivity contribution in [3.63, 3.8) is 0 Å². The molecule has 0 atom stereocenters. The zero-order chi connectivity index (χ0) is 21.5. The highest BCUT2D eigenvalue weighted by molar-refractivity contribution is 6.01. The molecule has 0 aliphatic carbocycles. The largest absolute Gasteiger partial charge is 0.493 e. The van der Waals surface area contributed by atoms with E-state index in [9.17, 15) is 18.0 Å². The first kappa shape index (κ1) is 22.5. The third-order valence-corrected chi connectivity index (χ3v) is 3.27. The Morgan fingerprint density at radius 2 is 1.75 bits per heavy atom. The van der Waals surface area contributed by atoms with E-state index in [1.807, 2.05) is 12.1 Å². The van der Waals surface area contributed by atoms with Gasteiger partial charge in [-0.2, -0.15) is 13.2 Å². The summed E-state index contributed by atoms with van der Waals surface area (Å²) in [6.07, 6.45) is -5.08. The predicted molar refractivity (Wildman–Crippen MR) is 92.7 cm³/mol. The molecule has 0 unspecified atom stereocenters. The molecule has 0 saturated carbocycles. The zero-order valence-corrected chi connectivity index (χ0v) is 14.8. The van der Waals surface area contributed by atoms with Gasteiger partial charge in [0.2, 0.25) is 0 Å². The van der Waals surface area contributed by atoms with Crippen LogP contribution in [0.25, 0.3) is 10.8 Å². The maximum absolute atomic E-state index is 11.3. The lowest BCUT2D eigenvalue weighted by Gasteiger charge is -2.13. The number of aliphatic carboxylic acids is 1. The minimum atomic E-state index is -5.08. The van der Waals surface area contributed by atoms with E-state index in [-0.39, 0.29) is 12.4 Å². The van der Waals surface area contributed by atoms with Crippen LogP contribution in [0.2, 0.25) is 0 Å². The predicted octanol–water partition coefficient (Wildman–Crippen LogP) is 2.32. The van der Waals surface area contributed by atoms with Crippen LogP contribution in [-0.4, -0.2) is 49.9 Å². The van der Waals surface area contributed by atoms with Gasteiger partial charge < -0.3 is 25.1 Å². The number of nitrogens with one attached hydrogen (secondary N) is 1. The van der Waals surface area contributed by atoms with Crippen LogP contribution in [0.15, 0.2) is 30.3 Å². The SMILES string of the molecule is COC(=O)COc1c(OC)ccc2ccc(C(=N)N)cc12.O=C(O)C(F)(F)F. The van der Waals surface area contributed by atoms with Crippen LogP contribution in [0.5, 0.6) is 11.5 Å². The van der Waals surface area contributed by atoms with Crippen LogP contribution in [0.1, 0.15) is 5.56 Å². The Labute approximate surface area is 157 Å². The number of esters is 1. The van der Waals surface area contributed by atoms with Crippen molar-refractivity contribution in [1.29, 1.82) is 5.41 Å². The van der Waals surface area contributed by atoms with Crippen LogP contribution >= 0.6 is 0 Å². The smallest absolute Gasteiger partial charge is 0.490 e. The van der Waals surface area contributed by atoms with Gasteiger partial charge in [-0.1, -0.05) is 18.2 Å². The molecule has 11 heteroatoms. The molecule has 0 radical (unpaired) electrons. The average molecular weight is 402 g/mol. The summed E-state index contributed by atoms with van der Waals surface area (Å²) >= 11 is 0. The lowest BCUT2D eigenvalue weighted by Crippen LogP contribution is -2.21. The van der Waals surface area contributed by atoms with Crippen molar-refractivity contribution >= 4 is 28.5 Å². The first-order valence-electron chi connectivity index (χ1n) is 7.46. The average Bonchev–Trinajstić information content (AvgIpc) is 2.64. The van der Waals surface area contributed by atoms with Gasteiger partial charge in [0.05, 0.1) is 14.2 Å². The number of carbonyl (C=O) groups is 2. The number of hydrogen-bond donors (Lipinski definition) is 3. The number of carboxylic acids is 1. The topological polar surface area (TPSA) is 132 Å². The van der Waals surface area contributed by atoms with E-state index < -0.39 is 18.1 Å². The lowest BCUT2D eigenvalue weighted by atomic mass is 10.0. The first-order valence-corrected chi connectivity index (χ1v) is 7.46. The maximum atomic E-state index is 11.3. The Kier molecular flexibility index (Phi) is 7.60. The molecule has 0 spiro atoms. The zero-order valence-electron chi connectivity index (χ0n) is 14.8. The van der Waals surface area contributed by atoms with Gasteiger partial charge >= 0.3 is 18.1 Å². The molecule has 4 N–H and O–H groups in total. The van der Waals surface area contributed by atoms with Crippen LogP contribution in [0.3, 0.4) is 0 Å². The summed E-state index contributed by atoms with van der Waals surface area (Å²) in [4.78, 5) is 20.1.